The van der Waals surface area contributed by atoms with E-state index in [9.17, 15) is 19.5 Å². The number of Topliss-reactive ketones (excluding diaryl/α,β-unsaturated/α-hetero) is 1. The molecular weight excluding hydrogens is 392 g/mol. The number of fused-ring (bicyclic) bond motifs is 1. The summed E-state index contributed by atoms with van der Waals surface area (Å²) in [6, 6.07) is 13.4. The summed E-state index contributed by atoms with van der Waals surface area (Å²) in [5.41, 5.74) is -1.03. The van der Waals surface area contributed by atoms with Gasteiger partial charge >= 0.3 is 0 Å². The highest BCUT2D eigenvalue weighted by atomic mass is 35.5. The maximum Gasteiger partial charge on any atom is 0.259 e. The van der Waals surface area contributed by atoms with Crippen LogP contribution in [0, 0.1) is 5.92 Å². The van der Waals surface area contributed by atoms with E-state index in [2.05, 4.69) is 5.32 Å². The number of para-hydroxylation sites is 1. The summed E-state index contributed by atoms with van der Waals surface area (Å²) in [6.07, 6.45) is -1.65. The zero-order valence-electron chi connectivity index (χ0n) is 16.3. The number of nitrogens with zero attached hydrogens (tertiary/aromatic N) is 1. The number of carbonyl (C=O) groups is 3. The monoisotopic (exact) mass is 412 g/mol. The molecule has 2 amide bonds. The number of imide groups is 1. The van der Waals surface area contributed by atoms with Gasteiger partial charge in [-0.15, -0.1) is 0 Å². The van der Waals surface area contributed by atoms with E-state index < -0.39 is 34.9 Å². The lowest BCUT2D eigenvalue weighted by Crippen LogP contribution is -2.53. The van der Waals surface area contributed by atoms with Gasteiger partial charge in [-0.05, 0) is 50.6 Å². The van der Waals surface area contributed by atoms with Crippen LogP contribution in [0.2, 0.25) is 5.02 Å². The molecule has 3 atom stereocenters. The van der Waals surface area contributed by atoms with Crippen LogP contribution >= 0.6 is 11.6 Å². The predicted molar refractivity (Wildman–Crippen MR) is 109 cm³/mol. The number of hydrogen-bond donors (Lipinski definition) is 2. The van der Waals surface area contributed by atoms with E-state index in [4.69, 9.17) is 11.6 Å². The SMILES string of the molecule is CC(C)(C)N1C(=O)C(O)C(C2(c3ccc(Cl)cc3)Nc3ccccc3C2=O)C1=O. The second-order valence-corrected chi connectivity index (χ2v) is 8.86. The molecule has 0 aliphatic carbocycles. The number of ketones is 1. The van der Waals surface area contributed by atoms with Crippen molar-refractivity contribution in [1.29, 1.82) is 0 Å². The van der Waals surface area contributed by atoms with Gasteiger partial charge in [0.15, 0.2) is 5.78 Å². The summed E-state index contributed by atoms with van der Waals surface area (Å²) in [5.74, 6) is -2.96. The number of rotatable bonds is 2. The van der Waals surface area contributed by atoms with E-state index in [0.29, 0.717) is 21.8 Å². The molecule has 1 fully saturated rings. The fraction of sp³-hybridized carbons (Fsp3) is 0.318. The lowest BCUT2D eigenvalue weighted by molar-refractivity contribution is -0.146. The number of likely N-dealkylation sites (tertiary alicyclic amines) is 1. The Kier molecular flexibility index (Phi) is 4.33. The van der Waals surface area contributed by atoms with Crippen molar-refractivity contribution in [2.45, 2.75) is 38.0 Å². The molecule has 2 aromatic rings. The van der Waals surface area contributed by atoms with E-state index in [1.807, 2.05) is 0 Å². The van der Waals surface area contributed by atoms with Gasteiger partial charge < -0.3 is 10.4 Å². The first-order valence-electron chi connectivity index (χ1n) is 9.33. The lowest BCUT2D eigenvalue weighted by Gasteiger charge is -2.36. The first-order chi connectivity index (χ1) is 13.6. The molecule has 0 spiro atoms. The van der Waals surface area contributed by atoms with Crippen molar-refractivity contribution in [2.24, 2.45) is 5.92 Å². The predicted octanol–water partition coefficient (Wildman–Crippen LogP) is 2.99. The number of hydrogen-bond acceptors (Lipinski definition) is 5. The van der Waals surface area contributed by atoms with Gasteiger partial charge in [0.1, 0.15) is 17.6 Å². The molecular formula is C22H21ClN2O4. The van der Waals surface area contributed by atoms with Crippen LogP contribution < -0.4 is 5.32 Å². The maximum atomic E-state index is 13.7. The van der Waals surface area contributed by atoms with E-state index >= 15 is 0 Å². The molecule has 2 aliphatic heterocycles. The number of benzene rings is 2. The fourth-order valence-corrected chi connectivity index (χ4v) is 4.45. The Morgan fingerprint density at radius 1 is 1.00 bits per heavy atom. The lowest BCUT2D eigenvalue weighted by atomic mass is 9.73. The Morgan fingerprint density at radius 2 is 1.62 bits per heavy atom. The van der Waals surface area contributed by atoms with Crippen LogP contribution in [-0.2, 0) is 15.1 Å². The second kappa shape index (κ2) is 6.40. The zero-order chi connectivity index (χ0) is 21.1. The minimum atomic E-state index is -1.65. The van der Waals surface area contributed by atoms with Crippen LogP contribution in [0.25, 0.3) is 0 Å². The van der Waals surface area contributed by atoms with Crippen LogP contribution in [0.5, 0.6) is 0 Å². The first-order valence-corrected chi connectivity index (χ1v) is 9.71. The van der Waals surface area contributed by atoms with Crippen LogP contribution in [0.4, 0.5) is 5.69 Å². The van der Waals surface area contributed by atoms with Gasteiger partial charge in [-0.2, -0.15) is 0 Å². The number of carbonyl (C=O) groups excluding carboxylic acids is 3. The van der Waals surface area contributed by atoms with Crippen molar-refractivity contribution in [1.82, 2.24) is 4.90 Å². The Balaban J connectivity index is 1.94. The van der Waals surface area contributed by atoms with Crippen molar-refractivity contribution < 1.29 is 19.5 Å². The molecule has 2 aromatic carbocycles. The third kappa shape index (κ3) is 2.70. The van der Waals surface area contributed by atoms with Crippen LogP contribution in [0.3, 0.4) is 0 Å². The highest BCUT2D eigenvalue weighted by Gasteiger charge is 2.64. The summed E-state index contributed by atoms with van der Waals surface area (Å²) in [6.45, 7) is 5.14. The number of halogens is 1. The van der Waals surface area contributed by atoms with E-state index in [1.54, 1.807) is 69.3 Å². The highest BCUT2D eigenvalue weighted by molar-refractivity contribution is 6.30. The topological polar surface area (TPSA) is 86.7 Å². The summed E-state index contributed by atoms with van der Waals surface area (Å²) in [5, 5.41) is 14.5. The maximum absolute atomic E-state index is 13.7. The number of anilines is 1. The standard InChI is InChI=1S/C22H21ClN2O4/c1-21(2,3)25-19(28)16(17(26)20(25)29)22(12-8-10-13(23)11-9-12)18(27)14-6-4-5-7-15(14)24-22/h4-11,16-17,24,26H,1-3H3. The van der Waals surface area contributed by atoms with Gasteiger partial charge in [-0.3, -0.25) is 19.3 Å². The Labute approximate surface area is 173 Å². The Bertz CT molecular complexity index is 1030. The molecule has 4 rings (SSSR count). The normalized spacial score (nSPS) is 26.7. The molecule has 1 saturated heterocycles. The van der Waals surface area contributed by atoms with Crippen LogP contribution in [0.1, 0.15) is 36.7 Å². The quantitative estimate of drug-likeness (QED) is 0.740. The number of nitrogens with one attached hydrogen (secondary N) is 1. The average Bonchev–Trinajstić information content (AvgIpc) is 3.07. The van der Waals surface area contributed by atoms with Gasteiger partial charge in [0.2, 0.25) is 5.91 Å². The third-order valence-corrected chi connectivity index (χ3v) is 5.83. The van der Waals surface area contributed by atoms with Crippen molar-refractivity contribution >= 4 is 34.9 Å². The minimum Gasteiger partial charge on any atom is -0.382 e. The summed E-state index contributed by atoms with van der Waals surface area (Å²) in [4.78, 5) is 41.0. The van der Waals surface area contributed by atoms with E-state index in [-0.39, 0.29) is 5.78 Å². The first kappa shape index (κ1) is 19.6. The smallest absolute Gasteiger partial charge is 0.259 e. The molecule has 150 valence electrons. The molecule has 0 radical (unpaired) electrons. The Hall–Kier alpha value is -2.70. The molecule has 2 N–H and O–H groups in total. The molecule has 3 unspecified atom stereocenters. The molecule has 6 nitrogen and oxygen atoms in total. The molecule has 0 aromatic heterocycles. The largest absolute Gasteiger partial charge is 0.382 e. The van der Waals surface area contributed by atoms with Crippen molar-refractivity contribution in [3.05, 3.63) is 64.7 Å². The highest BCUT2D eigenvalue weighted by Crippen LogP contribution is 2.48. The third-order valence-electron chi connectivity index (χ3n) is 5.57. The van der Waals surface area contributed by atoms with Gasteiger partial charge in [0.05, 0.1) is 0 Å². The minimum absolute atomic E-state index is 0.364. The number of amides is 2. The number of aliphatic hydroxyl groups excluding tert-OH is 1. The Morgan fingerprint density at radius 3 is 2.17 bits per heavy atom. The van der Waals surface area contributed by atoms with Gasteiger partial charge in [-0.25, -0.2) is 0 Å². The van der Waals surface area contributed by atoms with Gasteiger partial charge in [0.25, 0.3) is 5.91 Å². The molecule has 2 aliphatic rings. The summed E-state index contributed by atoms with van der Waals surface area (Å²) < 4.78 is 0. The fourth-order valence-electron chi connectivity index (χ4n) is 4.33. The molecule has 7 heteroatoms. The molecule has 29 heavy (non-hydrogen) atoms. The van der Waals surface area contributed by atoms with Crippen molar-refractivity contribution in [3.8, 4) is 0 Å². The number of aliphatic hydroxyl groups is 1. The second-order valence-electron chi connectivity index (χ2n) is 8.42. The molecule has 0 saturated carbocycles. The van der Waals surface area contributed by atoms with Crippen molar-refractivity contribution in [2.75, 3.05) is 5.32 Å². The van der Waals surface area contributed by atoms with Crippen molar-refractivity contribution in [3.63, 3.8) is 0 Å². The molecule has 2 heterocycles. The van der Waals surface area contributed by atoms with E-state index in [1.165, 1.54) is 0 Å². The zero-order valence-corrected chi connectivity index (χ0v) is 17.0. The van der Waals surface area contributed by atoms with Crippen LogP contribution in [0.15, 0.2) is 48.5 Å². The summed E-state index contributed by atoms with van der Waals surface area (Å²) >= 11 is 6.03. The van der Waals surface area contributed by atoms with Crippen LogP contribution in [-0.4, -0.2) is 39.2 Å². The van der Waals surface area contributed by atoms with Gasteiger partial charge in [-0.1, -0.05) is 35.9 Å². The average molecular weight is 413 g/mol. The summed E-state index contributed by atoms with van der Waals surface area (Å²) in [7, 11) is 0. The van der Waals surface area contributed by atoms with E-state index in [0.717, 1.165) is 4.90 Å². The van der Waals surface area contributed by atoms with Gasteiger partial charge in [0, 0.05) is 21.8 Å². The molecule has 0 bridgehead atoms.